The van der Waals surface area contributed by atoms with Crippen molar-refractivity contribution in [3.8, 4) is 11.5 Å². The molecule has 1 N–H and O–H groups in total. The number of benzene rings is 2. The van der Waals surface area contributed by atoms with Gasteiger partial charge in [-0.1, -0.05) is 38.1 Å². The highest BCUT2D eigenvalue weighted by Gasteiger charge is 2.12. The van der Waals surface area contributed by atoms with Gasteiger partial charge in [0.05, 0.1) is 10.7 Å². The number of rotatable bonds is 6. The average molecular weight is 392 g/mol. The standard InChI is InChI=1S/C19H22BrNO3/c1-19(2,3)15-5-7-16(8-6-15)23-10-11-24-18-9-4-14(13-21-22)12-17(18)20/h4-9,12-13,22H,10-11H2,1-3H3. The molecule has 0 aliphatic rings. The number of hydrogen-bond donors (Lipinski definition) is 1. The monoisotopic (exact) mass is 391 g/mol. The molecule has 2 aromatic carbocycles. The van der Waals surface area contributed by atoms with E-state index in [-0.39, 0.29) is 5.41 Å². The fourth-order valence-corrected chi connectivity index (χ4v) is 2.65. The summed E-state index contributed by atoms with van der Waals surface area (Å²) in [6, 6.07) is 13.6. The molecular weight excluding hydrogens is 370 g/mol. The predicted molar refractivity (Wildman–Crippen MR) is 99.7 cm³/mol. The van der Waals surface area contributed by atoms with E-state index in [1.165, 1.54) is 11.8 Å². The minimum Gasteiger partial charge on any atom is -0.490 e. The lowest BCUT2D eigenvalue weighted by Crippen LogP contribution is -2.11. The summed E-state index contributed by atoms with van der Waals surface area (Å²) < 4.78 is 12.2. The highest BCUT2D eigenvalue weighted by molar-refractivity contribution is 9.10. The van der Waals surface area contributed by atoms with Crippen molar-refractivity contribution in [2.45, 2.75) is 26.2 Å². The summed E-state index contributed by atoms with van der Waals surface area (Å²) in [5, 5.41) is 11.5. The molecule has 0 saturated heterocycles. The summed E-state index contributed by atoms with van der Waals surface area (Å²) in [5.41, 5.74) is 2.20. The molecule has 0 aromatic heterocycles. The Kier molecular flexibility index (Phi) is 6.26. The average Bonchev–Trinajstić information content (AvgIpc) is 2.53. The lowest BCUT2D eigenvalue weighted by atomic mass is 9.87. The lowest BCUT2D eigenvalue weighted by Gasteiger charge is -2.19. The first-order valence-electron chi connectivity index (χ1n) is 7.73. The van der Waals surface area contributed by atoms with Crippen molar-refractivity contribution in [3.63, 3.8) is 0 Å². The molecule has 24 heavy (non-hydrogen) atoms. The van der Waals surface area contributed by atoms with Crippen molar-refractivity contribution in [3.05, 3.63) is 58.1 Å². The maximum absolute atomic E-state index is 8.53. The molecule has 2 rings (SSSR count). The Morgan fingerprint density at radius 3 is 2.29 bits per heavy atom. The van der Waals surface area contributed by atoms with E-state index in [2.05, 4.69) is 54.0 Å². The maximum atomic E-state index is 8.53. The van der Waals surface area contributed by atoms with Crippen molar-refractivity contribution in [1.82, 2.24) is 0 Å². The van der Waals surface area contributed by atoms with Gasteiger partial charge in [0.15, 0.2) is 0 Å². The number of hydrogen-bond acceptors (Lipinski definition) is 4. The van der Waals surface area contributed by atoms with E-state index < -0.39 is 0 Å². The van der Waals surface area contributed by atoms with Crippen molar-refractivity contribution < 1.29 is 14.7 Å². The molecule has 0 amide bonds. The Balaban J connectivity index is 1.83. The minimum absolute atomic E-state index is 0.140. The predicted octanol–water partition coefficient (Wildman–Crippen LogP) is 5.01. The molecule has 0 unspecified atom stereocenters. The second-order valence-electron chi connectivity index (χ2n) is 6.41. The second kappa shape index (κ2) is 8.20. The van der Waals surface area contributed by atoms with E-state index in [9.17, 15) is 0 Å². The van der Waals surface area contributed by atoms with Crippen LogP contribution in [0.25, 0.3) is 0 Å². The Morgan fingerprint density at radius 1 is 1.04 bits per heavy atom. The molecule has 0 fully saturated rings. The van der Waals surface area contributed by atoms with E-state index >= 15 is 0 Å². The van der Waals surface area contributed by atoms with Gasteiger partial charge in [0.2, 0.25) is 0 Å². The number of oxime groups is 1. The van der Waals surface area contributed by atoms with Crippen LogP contribution in [-0.4, -0.2) is 24.6 Å². The van der Waals surface area contributed by atoms with E-state index in [0.29, 0.717) is 13.2 Å². The molecule has 0 spiro atoms. The molecule has 0 bridgehead atoms. The van der Waals surface area contributed by atoms with Gasteiger partial charge in [-0.2, -0.15) is 0 Å². The maximum Gasteiger partial charge on any atom is 0.133 e. The molecule has 5 heteroatoms. The van der Waals surface area contributed by atoms with Crippen molar-refractivity contribution >= 4 is 22.1 Å². The van der Waals surface area contributed by atoms with Crippen LogP contribution in [0.1, 0.15) is 31.9 Å². The summed E-state index contributed by atoms with van der Waals surface area (Å²) in [7, 11) is 0. The zero-order valence-electron chi connectivity index (χ0n) is 14.1. The molecule has 0 radical (unpaired) electrons. The Morgan fingerprint density at radius 2 is 1.71 bits per heavy atom. The first kappa shape index (κ1) is 18.3. The highest BCUT2D eigenvalue weighted by Crippen LogP contribution is 2.26. The van der Waals surface area contributed by atoms with Gasteiger partial charge in [-0.3, -0.25) is 0 Å². The number of nitrogens with zero attached hydrogens (tertiary/aromatic N) is 1. The Labute approximate surface area is 151 Å². The van der Waals surface area contributed by atoms with E-state index in [4.69, 9.17) is 14.7 Å². The van der Waals surface area contributed by atoms with Gasteiger partial charge < -0.3 is 14.7 Å². The van der Waals surface area contributed by atoms with Crippen LogP contribution >= 0.6 is 15.9 Å². The smallest absolute Gasteiger partial charge is 0.133 e. The van der Waals surface area contributed by atoms with Gasteiger partial charge in [-0.15, -0.1) is 0 Å². The molecule has 4 nitrogen and oxygen atoms in total. The largest absolute Gasteiger partial charge is 0.490 e. The second-order valence-corrected chi connectivity index (χ2v) is 7.26. The van der Waals surface area contributed by atoms with Crippen LogP contribution in [0, 0.1) is 0 Å². The first-order chi connectivity index (χ1) is 11.4. The highest BCUT2D eigenvalue weighted by atomic mass is 79.9. The van der Waals surface area contributed by atoms with Crippen LogP contribution in [-0.2, 0) is 5.41 Å². The lowest BCUT2D eigenvalue weighted by molar-refractivity contribution is 0.216. The van der Waals surface area contributed by atoms with Gasteiger partial charge in [-0.05, 0) is 62.8 Å². The molecular formula is C19H22BrNO3. The normalized spacial score (nSPS) is 11.7. The van der Waals surface area contributed by atoms with E-state index in [1.54, 1.807) is 0 Å². The van der Waals surface area contributed by atoms with Gasteiger partial charge in [0, 0.05) is 0 Å². The van der Waals surface area contributed by atoms with Gasteiger partial charge in [0.25, 0.3) is 0 Å². The summed E-state index contributed by atoms with van der Waals surface area (Å²) >= 11 is 3.43. The molecule has 2 aromatic rings. The number of halogens is 1. The van der Waals surface area contributed by atoms with E-state index in [1.807, 2.05) is 30.3 Å². The van der Waals surface area contributed by atoms with Crippen LogP contribution in [0.15, 0.2) is 52.1 Å². The number of ether oxygens (including phenoxy) is 2. The molecule has 0 aliphatic carbocycles. The summed E-state index contributed by atoms with van der Waals surface area (Å²) in [5.74, 6) is 1.55. The summed E-state index contributed by atoms with van der Waals surface area (Å²) in [6.07, 6.45) is 1.36. The van der Waals surface area contributed by atoms with Gasteiger partial charge >= 0.3 is 0 Å². The quantitative estimate of drug-likeness (QED) is 0.325. The van der Waals surface area contributed by atoms with Crippen LogP contribution in [0.2, 0.25) is 0 Å². The molecule has 128 valence electrons. The third kappa shape index (κ3) is 5.27. The van der Waals surface area contributed by atoms with Crippen LogP contribution < -0.4 is 9.47 Å². The third-order valence-corrected chi connectivity index (χ3v) is 4.11. The topological polar surface area (TPSA) is 51.0 Å². The SMILES string of the molecule is CC(C)(C)c1ccc(OCCOc2ccc(C=NO)cc2Br)cc1. The van der Waals surface area contributed by atoms with Crippen LogP contribution in [0.3, 0.4) is 0 Å². The third-order valence-electron chi connectivity index (χ3n) is 3.49. The van der Waals surface area contributed by atoms with Crippen molar-refractivity contribution in [1.29, 1.82) is 0 Å². The van der Waals surface area contributed by atoms with Crippen LogP contribution in [0.4, 0.5) is 0 Å². The molecule has 0 saturated carbocycles. The van der Waals surface area contributed by atoms with Crippen molar-refractivity contribution in [2.24, 2.45) is 5.16 Å². The van der Waals surface area contributed by atoms with E-state index in [0.717, 1.165) is 21.5 Å². The summed E-state index contributed by atoms with van der Waals surface area (Å²) in [6.45, 7) is 7.46. The minimum atomic E-state index is 0.140. The van der Waals surface area contributed by atoms with Crippen LogP contribution in [0.5, 0.6) is 11.5 Å². The summed E-state index contributed by atoms with van der Waals surface area (Å²) in [4.78, 5) is 0. The molecule has 0 atom stereocenters. The fraction of sp³-hybridized carbons (Fsp3) is 0.316. The Bertz CT molecular complexity index is 691. The van der Waals surface area contributed by atoms with Gasteiger partial charge in [-0.25, -0.2) is 0 Å². The Hall–Kier alpha value is -2.01. The first-order valence-corrected chi connectivity index (χ1v) is 8.52. The zero-order chi connectivity index (χ0) is 17.6. The molecule has 0 heterocycles. The molecule has 0 aliphatic heterocycles. The van der Waals surface area contributed by atoms with Crippen molar-refractivity contribution in [2.75, 3.05) is 13.2 Å². The van der Waals surface area contributed by atoms with Gasteiger partial charge in [0.1, 0.15) is 24.7 Å². The fourth-order valence-electron chi connectivity index (χ4n) is 2.14. The zero-order valence-corrected chi connectivity index (χ0v) is 15.7.